The molecule has 130 valence electrons. The number of hydrogen-bond donors (Lipinski definition) is 1. The van der Waals surface area contributed by atoms with E-state index in [1.165, 1.54) is 30.4 Å². The molecular formula is C20H28N2O2. The molecular weight excluding hydrogens is 300 g/mol. The fourth-order valence-electron chi connectivity index (χ4n) is 4.71. The van der Waals surface area contributed by atoms with Crippen molar-refractivity contribution < 1.29 is 9.53 Å². The van der Waals surface area contributed by atoms with Crippen LogP contribution in [0.1, 0.15) is 49.1 Å². The van der Waals surface area contributed by atoms with Gasteiger partial charge in [-0.1, -0.05) is 24.3 Å². The minimum absolute atomic E-state index is 0.126. The van der Waals surface area contributed by atoms with Gasteiger partial charge in [0.05, 0.1) is 0 Å². The van der Waals surface area contributed by atoms with Crippen molar-refractivity contribution in [2.45, 2.75) is 44.4 Å². The fraction of sp³-hybridized carbons (Fsp3) is 0.650. The van der Waals surface area contributed by atoms with Gasteiger partial charge in [-0.2, -0.15) is 0 Å². The van der Waals surface area contributed by atoms with E-state index in [9.17, 15) is 4.79 Å². The van der Waals surface area contributed by atoms with Crippen LogP contribution >= 0.6 is 0 Å². The highest BCUT2D eigenvalue weighted by Gasteiger charge is 2.41. The van der Waals surface area contributed by atoms with Crippen molar-refractivity contribution in [3.8, 4) is 0 Å². The van der Waals surface area contributed by atoms with Crippen LogP contribution in [0.15, 0.2) is 24.3 Å². The van der Waals surface area contributed by atoms with Crippen LogP contribution in [0.4, 0.5) is 4.79 Å². The second-order valence-corrected chi connectivity index (χ2v) is 7.76. The monoisotopic (exact) mass is 328 g/mol. The minimum Gasteiger partial charge on any atom is -0.381 e. The molecule has 1 aromatic rings. The summed E-state index contributed by atoms with van der Waals surface area (Å²) in [6.45, 7) is 4.28. The van der Waals surface area contributed by atoms with Gasteiger partial charge in [0.1, 0.15) is 0 Å². The van der Waals surface area contributed by atoms with Gasteiger partial charge in [-0.3, -0.25) is 0 Å². The zero-order valence-corrected chi connectivity index (χ0v) is 14.4. The molecule has 1 N–H and O–H groups in total. The molecule has 2 fully saturated rings. The second-order valence-electron chi connectivity index (χ2n) is 7.76. The number of fused-ring (bicyclic) bond motifs is 1. The molecule has 2 saturated heterocycles. The third kappa shape index (κ3) is 3.16. The molecule has 0 saturated carbocycles. The van der Waals surface area contributed by atoms with Crippen LogP contribution in [0.2, 0.25) is 0 Å². The summed E-state index contributed by atoms with van der Waals surface area (Å²) in [5.41, 5.74) is 3.23. The van der Waals surface area contributed by atoms with Crippen LogP contribution in [0.5, 0.6) is 0 Å². The predicted octanol–water partition coefficient (Wildman–Crippen LogP) is 3.32. The van der Waals surface area contributed by atoms with Gasteiger partial charge in [-0.25, -0.2) is 4.79 Å². The molecule has 2 amide bonds. The molecule has 1 aliphatic carbocycles. The fourth-order valence-corrected chi connectivity index (χ4v) is 4.71. The average molecular weight is 328 g/mol. The highest BCUT2D eigenvalue weighted by molar-refractivity contribution is 5.74. The highest BCUT2D eigenvalue weighted by Crippen LogP contribution is 2.39. The van der Waals surface area contributed by atoms with E-state index in [2.05, 4.69) is 29.6 Å². The van der Waals surface area contributed by atoms with Gasteiger partial charge in [0.25, 0.3) is 0 Å². The van der Waals surface area contributed by atoms with E-state index in [1.54, 1.807) is 0 Å². The van der Waals surface area contributed by atoms with E-state index in [4.69, 9.17) is 4.74 Å². The van der Waals surface area contributed by atoms with Gasteiger partial charge in [0.2, 0.25) is 0 Å². The maximum Gasteiger partial charge on any atom is 0.317 e. The molecule has 2 heterocycles. The lowest BCUT2D eigenvalue weighted by atomic mass is 9.80. The van der Waals surface area contributed by atoms with Crippen molar-refractivity contribution in [1.82, 2.24) is 10.2 Å². The van der Waals surface area contributed by atoms with Gasteiger partial charge in [-0.15, -0.1) is 0 Å². The number of nitrogens with zero attached hydrogens (tertiary/aromatic N) is 1. The van der Waals surface area contributed by atoms with Crippen LogP contribution in [0.3, 0.4) is 0 Å². The van der Waals surface area contributed by atoms with Crippen LogP contribution < -0.4 is 5.32 Å². The second kappa shape index (κ2) is 6.75. The summed E-state index contributed by atoms with van der Waals surface area (Å²) in [5, 5.41) is 3.21. The number of ether oxygens (including phenoxy) is 1. The number of carbonyl (C=O) groups is 1. The molecule has 0 radical (unpaired) electrons. The Morgan fingerprint density at radius 3 is 2.96 bits per heavy atom. The van der Waals surface area contributed by atoms with Gasteiger partial charge in [0, 0.05) is 38.8 Å². The molecule has 3 aliphatic rings. The smallest absolute Gasteiger partial charge is 0.317 e. The van der Waals surface area contributed by atoms with Crippen molar-refractivity contribution in [3.63, 3.8) is 0 Å². The summed E-state index contributed by atoms with van der Waals surface area (Å²) in [5.74, 6) is 0.471. The Labute approximate surface area is 144 Å². The first-order chi connectivity index (χ1) is 11.8. The number of rotatable bonds is 2. The quantitative estimate of drug-likeness (QED) is 0.905. The van der Waals surface area contributed by atoms with Crippen LogP contribution in [0.25, 0.3) is 0 Å². The summed E-state index contributed by atoms with van der Waals surface area (Å²) in [6, 6.07) is 8.84. The third-order valence-corrected chi connectivity index (χ3v) is 6.27. The van der Waals surface area contributed by atoms with Crippen molar-refractivity contribution in [3.05, 3.63) is 35.4 Å². The number of aryl methyl sites for hydroxylation is 1. The van der Waals surface area contributed by atoms with Crippen LogP contribution in [-0.2, 0) is 11.2 Å². The van der Waals surface area contributed by atoms with Crippen molar-refractivity contribution in [2.24, 2.45) is 5.41 Å². The molecule has 1 aromatic carbocycles. The number of nitrogens with one attached hydrogen (secondary N) is 1. The zero-order valence-electron chi connectivity index (χ0n) is 14.4. The molecule has 1 atom stereocenters. The van der Waals surface area contributed by atoms with E-state index in [0.717, 1.165) is 52.1 Å². The largest absolute Gasteiger partial charge is 0.381 e. The number of urea groups is 1. The van der Waals surface area contributed by atoms with E-state index in [0.29, 0.717) is 11.3 Å². The van der Waals surface area contributed by atoms with E-state index < -0.39 is 0 Å². The number of likely N-dealkylation sites (tertiary alicyclic amines) is 1. The van der Waals surface area contributed by atoms with E-state index in [1.807, 2.05) is 4.90 Å². The van der Waals surface area contributed by atoms with Gasteiger partial charge >= 0.3 is 6.03 Å². The number of amides is 2. The molecule has 0 bridgehead atoms. The van der Waals surface area contributed by atoms with Gasteiger partial charge in [0.15, 0.2) is 0 Å². The standard InChI is InChI=1S/C20H28N2O2/c23-19(22-11-8-20(15-22)9-12-24-13-10-20)21-14-17-6-3-5-16-4-1-2-7-18(16)17/h1-2,4,7,17H,3,5-6,8-15H2,(H,21,23)/t17-/m0/s1. The molecule has 4 heteroatoms. The summed E-state index contributed by atoms with van der Waals surface area (Å²) in [4.78, 5) is 14.6. The highest BCUT2D eigenvalue weighted by atomic mass is 16.5. The molecule has 4 rings (SSSR count). The molecule has 4 nitrogen and oxygen atoms in total. The minimum atomic E-state index is 0.126. The lowest BCUT2D eigenvalue weighted by Gasteiger charge is -2.33. The van der Waals surface area contributed by atoms with E-state index in [-0.39, 0.29) is 6.03 Å². The Morgan fingerprint density at radius 1 is 1.25 bits per heavy atom. The summed E-state index contributed by atoms with van der Waals surface area (Å²) in [7, 11) is 0. The first-order valence-corrected chi connectivity index (χ1v) is 9.44. The average Bonchev–Trinajstić information content (AvgIpc) is 3.03. The maximum absolute atomic E-state index is 12.6. The topological polar surface area (TPSA) is 41.6 Å². The van der Waals surface area contributed by atoms with Crippen molar-refractivity contribution in [2.75, 3.05) is 32.8 Å². The SMILES string of the molecule is O=C(NC[C@@H]1CCCc2ccccc21)N1CCC2(CCOCC2)C1. The molecule has 1 spiro atoms. The predicted molar refractivity (Wildman–Crippen MR) is 94.2 cm³/mol. The third-order valence-electron chi connectivity index (χ3n) is 6.27. The summed E-state index contributed by atoms with van der Waals surface area (Å²) in [6.07, 6.45) is 6.93. The molecule has 2 aliphatic heterocycles. The number of hydrogen-bond acceptors (Lipinski definition) is 2. The number of carbonyl (C=O) groups excluding carboxylic acids is 1. The normalized spacial score (nSPS) is 25.5. The Morgan fingerprint density at radius 2 is 2.08 bits per heavy atom. The Bertz CT molecular complexity index is 595. The molecule has 0 aromatic heterocycles. The van der Waals surface area contributed by atoms with Gasteiger partial charge < -0.3 is 15.0 Å². The lowest BCUT2D eigenvalue weighted by molar-refractivity contribution is 0.0208. The van der Waals surface area contributed by atoms with Gasteiger partial charge in [-0.05, 0) is 55.1 Å². The number of benzene rings is 1. The lowest BCUT2D eigenvalue weighted by Crippen LogP contribution is -2.42. The summed E-state index contributed by atoms with van der Waals surface area (Å²) < 4.78 is 5.49. The summed E-state index contributed by atoms with van der Waals surface area (Å²) >= 11 is 0. The van der Waals surface area contributed by atoms with E-state index >= 15 is 0 Å². The van der Waals surface area contributed by atoms with Crippen LogP contribution in [0, 0.1) is 5.41 Å². The van der Waals surface area contributed by atoms with Crippen molar-refractivity contribution in [1.29, 1.82) is 0 Å². The maximum atomic E-state index is 12.6. The Balaban J connectivity index is 1.33. The Hall–Kier alpha value is -1.55. The molecule has 24 heavy (non-hydrogen) atoms. The van der Waals surface area contributed by atoms with Crippen LogP contribution in [-0.4, -0.2) is 43.8 Å². The first-order valence-electron chi connectivity index (χ1n) is 9.44. The zero-order chi connectivity index (χ0) is 16.4. The van der Waals surface area contributed by atoms with Crippen molar-refractivity contribution >= 4 is 6.03 Å². The Kier molecular flexibility index (Phi) is 4.49. The molecule has 0 unspecified atom stereocenters. The first kappa shape index (κ1) is 15.9.